The molecule has 0 unspecified atom stereocenters. The van der Waals surface area contributed by atoms with Gasteiger partial charge in [-0.05, 0) is 23.7 Å². The van der Waals surface area contributed by atoms with Crippen molar-refractivity contribution in [2.45, 2.75) is 51.9 Å². The molecule has 0 bridgehead atoms. The Kier molecular flexibility index (Phi) is 11.6. The molecule has 0 nitrogen and oxygen atoms in total. The van der Waals surface area contributed by atoms with Crippen LogP contribution in [0.1, 0.15) is 51.9 Å². The van der Waals surface area contributed by atoms with Gasteiger partial charge in [0.1, 0.15) is 0 Å². The van der Waals surface area contributed by atoms with Gasteiger partial charge in [-0.25, -0.2) is 0 Å². The van der Waals surface area contributed by atoms with E-state index in [-0.39, 0.29) is 0 Å². The third-order valence-electron chi connectivity index (χ3n) is 1.72. The fraction of sp³-hybridized carbons (Fsp3) is 0.818. The van der Waals surface area contributed by atoms with Crippen LogP contribution in [0, 0.1) is 11.8 Å². The summed E-state index contributed by atoms with van der Waals surface area (Å²) < 4.78 is 1.29. The summed E-state index contributed by atoms with van der Waals surface area (Å²) in [6.45, 7) is 2.21. The summed E-state index contributed by atoms with van der Waals surface area (Å²) in [6.07, 6.45) is 8.75. The molecule has 0 heterocycles. The fourth-order valence-electron chi connectivity index (χ4n) is 0.927. The fourth-order valence-corrected chi connectivity index (χ4v) is 1.47. The largest absolute Gasteiger partial charge is 0.103 e. The Balaban J connectivity index is 2.99. The number of halogens is 1. The second kappa shape index (κ2) is 11.3. The Morgan fingerprint density at radius 3 is 2.17 bits per heavy atom. The van der Waals surface area contributed by atoms with Gasteiger partial charge in [-0.3, -0.25) is 0 Å². The molecule has 0 spiro atoms. The van der Waals surface area contributed by atoms with Crippen molar-refractivity contribution in [1.29, 1.82) is 0 Å². The van der Waals surface area contributed by atoms with E-state index in [4.69, 9.17) is 0 Å². The van der Waals surface area contributed by atoms with Gasteiger partial charge in [0.05, 0.1) is 0 Å². The zero-order valence-corrected chi connectivity index (χ0v) is 10.2. The summed E-state index contributed by atoms with van der Waals surface area (Å²) >= 11 is 2.43. The van der Waals surface area contributed by atoms with Gasteiger partial charge >= 0.3 is 0 Å². The average molecular weight is 278 g/mol. The third-order valence-corrected chi connectivity index (χ3v) is 2.48. The second-order valence-electron chi connectivity index (χ2n) is 2.96. The molecule has 0 atom stereocenters. The first-order valence-electron chi connectivity index (χ1n) is 4.93. The molecule has 0 amide bonds. The Morgan fingerprint density at radius 1 is 0.917 bits per heavy atom. The maximum Gasteiger partial charge on any atom is 0.00886 e. The molecule has 0 rings (SSSR count). The van der Waals surface area contributed by atoms with Crippen molar-refractivity contribution in [2.24, 2.45) is 0 Å². The smallest absolute Gasteiger partial charge is 0.00886 e. The van der Waals surface area contributed by atoms with Crippen LogP contribution < -0.4 is 0 Å². The number of unbranched alkanes of at least 4 members (excludes halogenated alkanes) is 5. The van der Waals surface area contributed by atoms with E-state index < -0.39 is 0 Å². The highest BCUT2D eigenvalue weighted by Gasteiger charge is 1.84. The minimum absolute atomic E-state index is 1.10. The van der Waals surface area contributed by atoms with E-state index in [1.165, 1.54) is 36.5 Å². The van der Waals surface area contributed by atoms with Crippen LogP contribution >= 0.6 is 22.6 Å². The standard InChI is InChI=1S/C11H19I/c1-2-3-4-5-6-7-8-9-10-11-12/h2-4,7-11H2,1H3. The monoisotopic (exact) mass is 278 g/mol. The molecule has 0 aromatic heterocycles. The molecule has 0 N–H and O–H groups in total. The maximum absolute atomic E-state index is 3.23. The van der Waals surface area contributed by atoms with E-state index in [2.05, 4.69) is 41.4 Å². The Bertz CT molecular complexity index is 130. The lowest BCUT2D eigenvalue weighted by atomic mass is 10.2. The quantitative estimate of drug-likeness (QED) is 0.296. The van der Waals surface area contributed by atoms with Crippen molar-refractivity contribution < 1.29 is 0 Å². The van der Waals surface area contributed by atoms with Crippen LogP contribution in [0.15, 0.2) is 0 Å². The van der Waals surface area contributed by atoms with E-state index >= 15 is 0 Å². The maximum atomic E-state index is 3.23. The molecule has 0 radical (unpaired) electrons. The van der Waals surface area contributed by atoms with Crippen LogP contribution in [0.25, 0.3) is 0 Å². The highest BCUT2D eigenvalue weighted by Crippen LogP contribution is 2.01. The van der Waals surface area contributed by atoms with Gasteiger partial charge in [-0.1, -0.05) is 42.4 Å². The molecular weight excluding hydrogens is 259 g/mol. The highest BCUT2D eigenvalue weighted by atomic mass is 127. The minimum atomic E-state index is 1.10. The SMILES string of the molecule is CCCCC#CCCCCCI. The molecule has 0 saturated carbocycles. The van der Waals surface area contributed by atoms with E-state index in [9.17, 15) is 0 Å². The van der Waals surface area contributed by atoms with Crippen LogP contribution in [-0.4, -0.2) is 4.43 Å². The topological polar surface area (TPSA) is 0 Å². The first-order chi connectivity index (χ1) is 5.91. The van der Waals surface area contributed by atoms with Gasteiger partial charge < -0.3 is 0 Å². The minimum Gasteiger partial charge on any atom is -0.103 e. The van der Waals surface area contributed by atoms with Gasteiger partial charge in [0.2, 0.25) is 0 Å². The van der Waals surface area contributed by atoms with Crippen molar-refractivity contribution in [3.8, 4) is 11.8 Å². The molecule has 12 heavy (non-hydrogen) atoms. The molecule has 70 valence electrons. The predicted molar refractivity (Wildman–Crippen MR) is 64.7 cm³/mol. The summed E-state index contributed by atoms with van der Waals surface area (Å²) in [5, 5.41) is 0. The average Bonchev–Trinajstić information content (AvgIpc) is 2.10. The molecule has 0 aliphatic carbocycles. The molecule has 0 saturated heterocycles. The summed E-state index contributed by atoms with van der Waals surface area (Å²) in [6, 6.07) is 0. The first-order valence-corrected chi connectivity index (χ1v) is 6.46. The van der Waals surface area contributed by atoms with E-state index in [0.29, 0.717) is 0 Å². The molecule has 0 fully saturated rings. The summed E-state index contributed by atoms with van der Waals surface area (Å²) in [5.41, 5.74) is 0. The normalized spacial score (nSPS) is 9.17. The number of rotatable bonds is 6. The molecular formula is C11H19I. The van der Waals surface area contributed by atoms with Crippen molar-refractivity contribution >= 4 is 22.6 Å². The first kappa shape index (κ1) is 12.3. The lowest BCUT2D eigenvalue weighted by molar-refractivity contribution is 0.746. The van der Waals surface area contributed by atoms with Crippen LogP contribution in [0.3, 0.4) is 0 Å². The summed E-state index contributed by atoms with van der Waals surface area (Å²) in [5.74, 6) is 6.44. The molecule has 0 aliphatic heterocycles. The summed E-state index contributed by atoms with van der Waals surface area (Å²) in [4.78, 5) is 0. The van der Waals surface area contributed by atoms with Crippen molar-refractivity contribution in [3.63, 3.8) is 0 Å². The Morgan fingerprint density at radius 2 is 1.58 bits per heavy atom. The zero-order chi connectivity index (χ0) is 9.07. The van der Waals surface area contributed by atoms with Crippen molar-refractivity contribution in [1.82, 2.24) is 0 Å². The van der Waals surface area contributed by atoms with E-state index in [0.717, 1.165) is 12.8 Å². The van der Waals surface area contributed by atoms with E-state index in [1.807, 2.05) is 0 Å². The molecule has 0 aromatic carbocycles. The highest BCUT2D eigenvalue weighted by molar-refractivity contribution is 14.1. The third kappa shape index (κ3) is 10.3. The molecule has 1 heteroatoms. The molecule has 0 aromatic rings. The van der Waals surface area contributed by atoms with Crippen LogP contribution in [0.4, 0.5) is 0 Å². The number of hydrogen-bond acceptors (Lipinski definition) is 0. The van der Waals surface area contributed by atoms with Gasteiger partial charge in [0.25, 0.3) is 0 Å². The lowest BCUT2D eigenvalue weighted by Crippen LogP contribution is -1.76. The van der Waals surface area contributed by atoms with Crippen molar-refractivity contribution in [2.75, 3.05) is 4.43 Å². The van der Waals surface area contributed by atoms with Gasteiger partial charge in [0.15, 0.2) is 0 Å². The zero-order valence-electron chi connectivity index (χ0n) is 8.03. The number of hydrogen-bond donors (Lipinski definition) is 0. The van der Waals surface area contributed by atoms with Gasteiger partial charge in [-0.15, -0.1) is 11.8 Å². The lowest BCUT2D eigenvalue weighted by Gasteiger charge is -1.91. The van der Waals surface area contributed by atoms with Crippen LogP contribution in [-0.2, 0) is 0 Å². The Hall–Kier alpha value is 0.290. The van der Waals surface area contributed by atoms with Gasteiger partial charge in [0, 0.05) is 12.8 Å². The second-order valence-corrected chi connectivity index (χ2v) is 4.04. The van der Waals surface area contributed by atoms with Crippen LogP contribution in [0.5, 0.6) is 0 Å². The number of alkyl halides is 1. The van der Waals surface area contributed by atoms with Gasteiger partial charge in [-0.2, -0.15) is 0 Å². The van der Waals surface area contributed by atoms with Crippen LogP contribution in [0.2, 0.25) is 0 Å². The molecule has 0 aliphatic rings. The predicted octanol–water partition coefficient (Wildman–Crippen LogP) is 4.18. The Labute approximate surface area is 90.6 Å². The van der Waals surface area contributed by atoms with Crippen molar-refractivity contribution in [3.05, 3.63) is 0 Å². The summed E-state index contributed by atoms with van der Waals surface area (Å²) in [7, 11) is 0. The van der Waals surface area contributed by atoms with E-state index in [1.54, 1.807) is 0 Å².